The van der Waals surface area contributed by atoms with Gasteiger partial charge in [-0.1, -0.05) is 35.5 Å². The van der Waals surface area contributed by atoms with Crippen molar-refractivity contribution in [1.29, 1.82) is 0 Å². The highest BCUT2D eigenvalue weighted by Crippen LogP contribution is 2.27. The van der Waals surface area contributed by atoms with Crippen LogP contribution in [0.1, 0.15) is 0 Å². The van der Waals surface area contributed by atoms with Gasteiger partial charge in [-0.3, -0.25) is 4.79 Å². The minimum atomic E-state index is 0.0583. The van der Waals surface area contributed by atoms with E-state index in [9.17, 15) is 4.79 Å². The number of carbonyl (C=O) groups is 1. The zero-order valence-electron chi connectivity index (χ0n) is 16.5. The largest absolute Gasteiger partial charge is 0.497 e. The number of hydrogen-bond acceptors (Lipinski definition) is 7. The number of ether oxygens (including phenoxy) is 1. The average Bonchev–Trinajstić information content (AvgIpc) is 3.27. The minimum absolute atomic E-state index is 0.0583. The molecule has 2 aromatic carbocycles. The third kappa shape index (κ3) is 4.71. The van der Waals surface area contributed by atoms with Crippen LogP contribution in [0.15, 0.2) is 58.2 Å². The van der Waals surface area contributed by atoms with E-state index in [1.54, 1.807) is 7.11 Å². The number of anilines is 1. The molecule has 30 heavy (non-hydrogen) atoms. The third-order valence-electron chi connectivity index (χ3n) is 4.89. The SMILES string of the molecule is COc1ccc(-c2nnc(SCC(=O)N3CCN(c4ccccc4Cl)CC3)o2)cc1. The smallest absolute Gasteiger partial charge is 0.277 e. The molecule has 1 saturated heterocycles. The minimum Gasteiger partial charge on any atom is -0.497 e. The summed E-state index contributed by atoms with van der Waals surface area (Å²) in [7, 11) is 1.62. The molecule has 0 aliphatic carbocycles. The highest BCUT2D eigenvalue weighted by atomic mass is 35.5. The first-order valence-corrected chi connectivity index (χ1v) is 10.9. The van der Waals surface area contributed by atoms with Crippen LogP contribution in [-0.4, -0.2) is 60.0 Å². The molecule has 3 aromatic rings. The maximum absolute atomic E-state index is 12.6. The lowest BCUT2D eigenvalue weighted by atomic mass is 10.2. The summed E-state index contributed by atoms with van der Waals surface area (Å²) in [6, 6.07) is 15.1. The van der Waals surface area contributed by atoms with Crippen molar-refractivity contribution >= 4 is 35.0 Å². The van der Waals surface area contributed by atoms with E-state index in [1.165, 1.54) is 11.8 Å². The molecule has 0 radical (unpaired) electrons. The molecule has 0 spiro atoms. The van der Waals surface area contributed by atoms with Gasteiger partial charge in [0.25, 0.3) is 5.22 Å². The lowest BCUT2D eigenvalue weighted by molar-refractivity contribution is -0.128. The lowest BCUT2D eigenvalue weighted by Crippen LogP contribution is -2.49. The summed E-state index contributed by atoms with van der Waals surface area (Å²) in [5.41, 5.74) is 1.81. The molecule has 1 aliphatic rings. The number of benzene rings is 2. The molecule has 7 nitrogen and oxygen atoms in total. The second-order valence-electron chi connectivity index (χ2n) is 6.71. The zero-order valence-corrected chi connectivity index (χ0v) is 18.0. The van der Waals surface area contributed by atoms with Crippen LogP contribution in [0.25, 0.3) is 11.5 Å². The fraction of sp³-hybridized carbons (Fsp3) is 0.286. The topological polar surface area (TPSA) is 71.7 Å². The van der Waals surface area contributed by atoms with Crippen LogP contribution in [-0.2, 0) is 4.79 Å². The fourth-order valence-electron chi connectivity index (χ4n) is 3.24. The van der Waals surface area contributed by atoms with Gasteiger partial charge in [-0.2, -0.15) is 0 Å². The van der Waals surface area contributed by atoms with Crippen LogP contribution in [0, 0.1) is 0 Å². The Morgan fingerprint density at radius 2 is 1.83 bits per heavy atom. The molecule has 4 rings (SSSR count). The number of para-hydroxylation sites is 1. The monoisotopic (exact) mass is 444 g/mol. The maximum atomic E-state index is 12.6. The number of nitrogens with zero attached hydrogens (tertiary/aromatic N) is 4. The van der Waals surface area contributed by atoms with Crippen molar-refractivity contribution in [1.82, 2.24) is 15.1 Å². The molecule has 156 valence electrons. The quantitative estimate of drug-likeness (QED) is 0.535. The van der Waals surface area contributed by atoms with Crippen LogP contribution in [0.3, 0.4) is 0 Å². The van der Waals surface area contributed by atoms with Crippen molar-refractivity contribution in [2.45, 2.75) is 5.22 Å². The summed E-state index contributed by atoms with van der Waals surface area (Å²) in [6.45, 7) is 2.82. The Hall–Kier alpha value is -2.71. The molecule has 1 fully saturated rings. The summed E-state index contributed by atoms with van der Waals surface area (Å²) in [5, 5.41) is 9.21. The molecule has 0 unspecified atom stereocenters. The number of amides is 1. The number of aromatic nitrogens is 2. The van der Waals surface area contributed by atoms with Gasteiger partial charge in [0, 0.05) is 31.7 Å². The highest BCUT2D eigenvalue weighted by Gasteiger charge is 2.23. The molecule has 2 heterocycles. The van der Waals surface area contributed by atoms with E-state index in [0.717, 1.165) is 35.1 Å². The molecule has 0 atom stereocenters. The number of thioether (sulfide) groups is 1. The third-order valence-corrected chi connectivity index (χ3v) is 6.01. The van der Waals surface area contributed by atoms with E-state index >= 15 is 0 Å². The lowest BCUT2D eigenvalue weighted by Gasteiger charge is -2.36. The number of piperazine rings is 1. The Balaban J connectivity index is 1.28. The summed E-state index contributed by atoms with van der Waals surface area (Å²) < 4.78 is 10.8. The van der Waals surface area contributed by atoms with Crippen LogP contribution in [0.2, 0.25) is 5.02 Å². The first kappa shape index (κ1) is 20.6. The molecule has 0 bridgehead atoms. The second kappa shape index (κ2) is 9.40. The number of methoxy groups -OCH3 is 1. The van der Waals surface area contributed by atoms with Gasteiger partial charge in [0.1, 0.15) is 5.75 Å². The Morgan fingerprint density at radius 1 is 1.10 bits per heavy atom. The number of carbonyl (C=O) groups excluding carboxylic acids is 1. The fourth-order valence-corrected chi connectivity index (χ4v) is 4.16. The van der Waals surface area contributed by atoms with Crippen molar-refractivity contribution in [3.63, 3.8) is 0 Å². The number of halogens is 1. The molecule has 0 saturated carbocycles. The number of hydrogen-bond donors (Lipinski definition) is 0. The summed E-state index contributed by atoms with van der Waals surface area (Å²) in [4.78, 5) is 16.7. The van der Waals surface area contributed by atoms with E-state index in [4.69, 9.17) is 20.8 Å². The van der Waals surface area contributed by atoms with Gasteiger partial charge >= 0.3 is 0 Å². The molecule has 0 N–H and O–H groups in total. The van der Waals surface area contributed by atoms with Gasteiger partial charge in [-0.15, -0.1) is 10.2 Å². The maximum Gasteiger partial charge on any atom is 0.277 e. The standard InChI is InChI=1S/C21H21ClN4O3S/c1-28-16-8-6-15(7-9-16)20-23-24-21(29-20)30-14-19(27)26-12-10-25(11-13-26)18-5-3-2-4-17(18)22/h2-9H,10-14H2,1H3. The Morgan fingerprint density at radius 3 is 2.53 bits per heavy atom. The van der Waals surface area contributed by atoms with Crippen LogP contribution >= 0.6 is 23.4 Å². The van der Waals surface area contributed by atoms with Gasteiger partial charge in [-0.05, 0) is 36.4 Å². The van der Waals surface area contributed by atoms with Crippen LogP contribution in [0.5, 0.6) is 5.75 Å². The van der Waals surface area contributed by atoms with Gasteiger partial charge < -0.3 is 19.0 Å². The molecule has 1 aromatic heterocycles. The van der Waals surface area contributed by atoms with E-state index in [2.05, 4.69) is 15.1 Å². The molecule has 1 amide bonds. The van der Waals surface area contributed by atoms with Gasteiger partial charge in [0.2, 0.25) is 11.8 Å². The van der Waals surface area contributed by atoms with Crippen molar-refractivity contribution in [2.75, 3.05) is 43.9 Å². The van der Waals surface area contributed by atoms with E-state index in [1.807, 2.05) is 53.4 Å². The van der Waals surface area contributed by atoms with Crippen molar-refractivity contribution in [2.24, 2.45) is 0 Å². The van der Waals surface area contributed by atoms with E-state index < -0.39 is 0 Å². The highest BCUT2D eigenvalue weighted by molar-refractivity contribution is 7.99. The Kier molecular flexibility index (Phi) is 6.44. The molecular weight excluding hydrogens is 424 g/mol. The first-order chi connectivity index (χ1) is 14.6. The van der Waals surface area contributed by atoms with Crippen LogP contribution in [0.4, 0.5) is 5.69 Å². The summed E-state index contributed by atoms with van der Waals surface area (Å²) >= 11 is 7.53. The Labute approximate surface area is 184 Å². The molecule has 9 heteroatoms. The van der Waals surface area contributed by atoms with Crippen molar-refractivity contribution in [3.8, 4) is 17.2 Å². The van der Waals surface area contributed by atoms with Gasteiger partial charge in [-0.25, -0.2) is 0 Å². The normalized spacial score (nSPS) is 14.1. The number of rotatable bonds is 6. The predicted molar refractivity (Wildman–Crippen MR) is 117 cm³/mol. The van der Waals surface area contributed by atoms with Gasteiger partial charge in [0.05, 0.1) is 23.6 Å². The van der Waals surface area contributed by atoms with Crippen molar-refractivity contribution in [3.05, 3.63) is 53.6 Å². The van der Waals surface area contributed by atoms with Crippen molar-refractivity contribution < 1.29 is 13.9 Å². The summed E-state index contributed by atoms with van der Waals surface area (Å²) in [5.74, 6) is 1.49. The molecule has 1 aliphatic heterocycles. The van der Waals surface area contributed by atoms with E-state index in [0.29, 0.717) is 24.2 Å². The van der Waals surface area contributed by atoms with E-state index in [-0.39, 0.29) is 11.7 Å². The zero-order chi connectivity index (χ0) is 20.9. The van der Waals surface area contributed by atoms with Gasteiger partial charge in [0.15, 0.2) is 0 Å². The average molecular weight is 445 g/mol. The summed E-state index contributed by atoms with van der Waals surface area (Å²) in [6.07, 6.45) is 0. The Bertz CT molecular complexity index is 1000. The van der Waals surface area contributed by atoms with Crippen LogP contribution < -0.4 is 9.64 Å². The predicted octanol–water partition coefficient (Wildman–Crippen LogP) is 3.84. The first-order valence-electron chi connectivity index (χ1n) is 9.52. The second-order valence-corrected chi connectivity index (χ2v) is 8.04. The molecular formula is C21H21ClN4O3S.